The number of aryl methyl sites for hydroxylation is 1. The Bertz CT molecular complexity index is 1070. The molecule has 1 aliphatic heterocycles. The number of fused-ring (bicyclic) bond motifs is 1. The lowest BCUT2D eigenvalue weighted by Crippen LogP contribution is -2.63. The first kappa shape index (κ1) is 24.8. The van der Waals surface area contributed by atoms with Gasteiger partial charge in [-0.1, -0.05) is 44.5 Å². The van der Waals surface area contributed by atoms with E-state index in [1.807, 2.05) is 19.2 Å². The molecule has 7 heteroatoms. The van der Waals surface area contributed by atoms with Crippen LogP contribution in [0.15, 0.2) is 41.6 Å². The quantitative estimate of drug-likeness (QED) is 0.533. The zero-order valence-electron chi connectivity index (χ0n) is 20.7. The number of ether oxygens (including phenoxy) is 1. The number of hydrogen-bond acceptors (Lipinski definition) is 3. The summed E-state index contributed by atoms with van der Waals surface area (Å²) in [5.74, 6) is -0.935. The van der Waals surface area contributed by atoms with Crippen LogP contribution in [0.25, 0.3) is 0 Å². The van der Waals surface area contributed by atoms with Gasteiger partial charge < -0.3 is 15.2 Å². The molecule has 1 aromatic carbocycles. The molecule has 2 unspecified atom stereocenters. The molecule has 1 fully saturated rings. The summed E-state index contributed by atoms with van der Waals surface area (Å²) in [5.41, 5.74) is 2.40. The molecule has 0 radical (unpaired) electrons. The third kappa shape index (κ3) is 4.50. The molecule has 1 heterocycles. The van der Waals surface area contributed by atoms with E-state index in [1.54, 1.807) is 18.1 Å². The van der Waals surface area contributed by atoms with Gasteiger partial charge in [0.05, 0.1) is 17.2 Å². The minimum atomic E-state index is -0.935. The molecule has 1 aromatic rings. The van der Waals surface area contributed by atoms with E-state index in [0.29, 0.717) is 24.8 Å². The van der Waals surface area contributed by atoms with Crippen molar-refractivity contribution in [1.82, 2.24) is 10.2 Å². The summed E-state index contributed by atoms with van der Waals surface area (Å²) in [6, 6.07) is 5.96. The van der Waals surface area contributed by atoms with Gasteiger partial charge in [0.25, 0.3) is 0 Å². The van der Waals surface area contributed by atoms with Gasteiger partial charge in [-0.05, 0) is 73.3 Å². The van der Waals surface area contributed by atoms with Gasteiger partial charge in [0.15, 0.2) is 0 Å². The molecule has 0 aromatic heterocycles. The number of carbonyl (C=O) groups is 2. The van der Waals surface area contributed by atoms with Gasteiger partial charge >= 0.3 is 12.0 Å². The van der Waals surface area contributed by atoms with Crippen LogP contribution in [0.2, 0.25) is 5.02 Å². The first-order valence-corrected chi connectivity index (χ1v) is 12.3. The molecule has 1 saturated carbocycles. The van der Waals surface area contributed by atoms with Crippen LogP contribution in [-0.4, -0.2) is 40.8 Å². The number of carboxylic acid groups (broad SMARTS) is 1. The summed E-state index contributed by atoms with van der Waals surface area (Å²) in [7, 11) is 1.72. The van der Waals surface area contributed by atoms with Crippen LogP contribution in [0.4, 0.5) is 4.79 Å². The fourth-order valence-corrected chi connectivity index (χ4v) is 5.63. The fraction of sp³-hybridized carbons (Fsp3) is 0.556. The maximum absolute atomic E-state index is 13.4. The Morgan fingerprint density at radius 1 is 1.35 bits per heavy atom. The van der Waals surface area contributed by atoms with Crippen molar-refractivity contribution in [2.75, 3.05) is 7.11 Å². The second kappa shape index (κ2) is 8.72. The number of nitrogens with zero attached hydrogens (tertiary/aromatic N) is 1. The minimum Gasteiger partial charge on any atom is -0.478 e. The van der Waals surface area contributed by atoms with Crippen molar-refractivity contribution in [1.29, 1.82) is 0 Å². The second-order valence-electron chi connectivity index (χ2n) is 11.3. The maximum Gasteiger partial charge on any atom is 0.331 e. The van der Waals surface area contributed by atoms with E-state index < -0.39 is 17.0 Å². The standard InChI is InChI=1S/C27H35ClN2O4/c1-25(2,3)10-8-17-6-7-19(13-22(17)28)27-11-9-21(34-5)12-20(27)16-30(24(33)29-27)26(4)14-18(15-26)23(31)32/h6-7,13-14,16,21H,8-12,15H2,1-5H3,(H,29,33)(H,31,32)/t21?,26?,27-/m1/s1. The molecule has 4 rings (SSSR count). The zero-order valence-corrected chi connectivity index (χ0v) is 21.5. The van der Waals surface area contributed by atoms with Crippen LogP contribution in [-0.2, 0) is 21.5 Å². The molecule has 3 aliphatic rings. The Hall–Kier alpha value is -2.31. The van der Waals surface area contributed by atoms with Gasteiger partial charge in [-0.3, -0.25) is 4.90 Å². The molecule has 34 heavy (non-hydrogen) atoms. The number of carbonyl (C=O) groups excluding carboxylic acids is 1. The van der Waals surface area contributed by atoms with Gasteiger partial charge in [0.2, 0.25) is 0 Å². The molecular formula is C27H35ClN2O4. The van der Waals surface area contributed by atoms with E-state index in [9.17, 15) is 14.7 Å². The highest BCUT2D eigenvalue weighted by Crippen LogP contribution is 2.48. The van der Waals surface area contributed by atoms with Gasteiger partial charge in [-0.15, -0.1) is 0 Å². The number of halogens is 1. The number of urea groups is 1. The Morgan fingerprint density at radius 3 is 2.65 bits per heavy atom. The summed E-state index contributed by atoms with van der Waals surface area (Å²) >= 11 is 6.75. The third-order valence-electron chi connectivity index (χ3n) is 7.54. The van der Waals surface area contributed by atoms with Gasteiger partial charge in [-0.25, -0.2) is 9.59 Å². The molecule has 2 amide bonds. The van der Waals surface area contributed by atoms with E-state index in [-0.39, 0.29) is 17.6 Å². The van der Waals surface area contributed by atoms with Crippen LogP contribution >= 0.6 is 11.6 Å². The van der Waals surface area contributed by atoms with E-state index in [2.05, 4.69) is 38.2 Å². The van der Waals surface area contributed by atoms with E-state index in [1.165, 1.54) is 0 Å². The SMILES string of the molecule is COC1CC[C@]2(c3ccc(CCC(C)(C)C)c(Cl)c3)NC(=O)N(C3(C)C=C(C(=O)O)C3)C=C2C1. The predicted octanol–water partition coefficient (Wildman–Crippen LogP) is 5.80. The van der Waals surface area contributed by atoms with Crippen molar-refractivity contribution < 1.29 is 19.4 Å². The van der Waals surface area contributed by atoms with Crippen molar-refractivity contribution >= 4 is 23.6 Å². The Labute approximate surface area is 207 Å². The molecule has 3 atom stereocenters. The van der Waals surface area contributed by atoms with Gasteiger partial charge in [-0.2, -0.15) is 0 Å². The molecule has 0 bridgehead atoms. The Morgan fingerprint density at radius 2 is 2.06 bits per heavy atom. The summed E-state index contributed by atoms with van der Waals surface area (Å²) in [5, 5.41) is 13.3. The number of nitrogens with one attached hydrogen (secondary N) is 1. The summed E-state index contributed by atoms with van der Waals surface area (Å²) in [6.07, 6.45) is 8.11. The lowest BCUT2D eigenvalue weighted by molar-refractivity contribution is -0.133. The molecule has 2 N–H and O–H groups in total. The smallest absolute Gasteiger partial charge is 0.331 e. The normalized spacial score (nSPS) is 28.9. The van der Waals surface area contributed by atoms with Crippen LogP contribution in [0.5, 0.6) is 0 Å². The van der Waals surface area contributed by atoms with Gasteiger partial charge in [0, 0.05) is 30.3 Å². The summed E-state index contributed by atoms with van der Waals surface area (Å²) < 4.78 is 5.68. The second-order valence-corrected chi connectivity index (χ2v) is 11.7. The molecule has 6 nitrogen and oxygen atoms in total. The van der Waals surface area contributed by atoms with Crippen LogP contribution < -0.4 is 5.32 Å². The lowest BCUT2D eigenvalue weighted by Gasteiger charge is -2.52. The average Bonchev–Trinajstić information content (AvgIpc) is 2.74. The molecule has 2 aliphatic carbocycles. The van der Waals surface area contributed by atoms with Crippen LogP contribution in [0.1, 0.15) is 70.9 Å². The molecule has 0 spiro atoms. The first-order chi connectivity index (χ1) is 15.9. The number of methoxy groups -OCH3 is 1. The lowest BCUT2D eigenvalue weighted by atomic mass is 9.70. The monoisotopic (exact) mass is 486 g/mol. The van der Waals surface area contributed by atoms with E-state index in [4.69, 9.17) is 16.3 Å². The van der Waals surface area contributed by atoms with Crippen molar-refractivity contribution in [3.8, 4) is 0 Å². The average molecular weight is 487 g/mol. The zero-order chi connectivity index (χ0) is 24.9. The van der Waals surface area contributed by atoms with Crippen molar-refractivity contribution in [3.63, 3.8) is 0 Å². The highest BCUT2D eigenvalue weighted by Gasteiger charge is 2.51. The van der Waals surface area contributed by atoms with Gasteiger partial charge in [0.1, 0.15) is 0 Å². The molecule has 184 valence electrons. The largest absolute Gasteiger partial charge is 0.478 e. The Kier molecular flexibility index (Phi) is 6.36. The fourth-order valence-electron chi connectivity index (χ4n) is 5.35. The summed E-state index contributed by atoms with van der Waals surface area (Å²) in [4.78, 5) is 26.3. The number of hydrogen-bond donors (Lipinski definition) is 2. The number of aliphatic carboxylic acids is 1. The molecule has 0 saturated heterocycles. The summed E-state index contributed by atoms with van der Waals surface area (Å²) in [6.45, 7) is 8.56. The highest BCUT2D eigenvalue weighted by molar-refractivity contribution is 6.31. The number of benzene rings is 1. The third-order valence-corrected chi connectivity index (χ3v) is 7.90. The molecular weight excluding hydrogens is 452 g/mol. The maximum atomic E-state index is 13.4. The predicted molar refractivity (Wildman–Crippen MR) is 133 cm³/mol. The number of carboxylic acids is 1. The van der Waals surface area contributed by atoms with Crippen molar-refractivity contribution in [3.05, 3.63) is 57.8 Å². The highest BCUT2D eigenvalue weighted by atomic mass is 35.5. The van der Waals surface area contributed by atoms with Crippen molar-refractivity contribution in [2.45, 2.75) is 83.4 Å². The topological polar surface area (TPSA) is 78.9 Å². The van der Waals surface area contributed by atoms with Crippen LogP contribution in [0, 0.1) is 5.41 Å². The van der Waals surface area contributed by atoms with E-state index >= 15 is 0 Å². The Balaban J connectivity index is 1.69. The first-order valence-electron chi connectivity index (χ1n) is 12.0. The number of rotatable bonds is 6. The minimum absolute atomic E-state index is 0.0667. The van der Waals surface area contributed by atoms with E-state index in [0.717, 1.165) is 41.0 Å². The van der Waals surface area contributed by atoms with Crippen LogP contribution in [0.3, 0.4) is 0 Å². The number of amides is 2. The van der Waals surface area contributed by atoms with Crippen molar-refractivity contribution in [2.24, 2.45) is 5.41 Å².